The van der Waals surface area contributed by atoms with Crippen molar-refractivity contribution in [1.29, 1.82) is 0 Å². The third kappa shape index (κ3) is 4.65. The molecular weight excluding hydrogens is 563 g/mol. The molecule has 0 saturated carbocycles. The molecule has 31 heavy (non-hydrogen) atoms. The Labute approximate surface area is 197 Å². The Morgan fingerprint density at radius 2 is 1.52 bits per heavy atom. The predicted octanol–water partition coefficient (Wildman–Crippen LogP) is 5.41. The van der Waals surface area contributed by atoms with Gasteiger partial charge in [0.25, 0.3) is 0 Å². The SMILES string of the molecule is Cc1cc(C)cc(-n2c(-c3[c-]nc(C(C)(C)C)nc3)nnc2-c2ccccc2C)c1.[Ir]. The van der Waals surface area contributed by atoms with E-state index in [9.17, 15) is 0 Å². The van der Waals surface area contributed by atoms with Crippen molar-refractivity contribution >= 4 is 0 Å². The minimum absolute atomic E-state index is 0. The van der Waals surface area contributed by atoms with Gasteiger partial charge in [-0.25, -0.2) is 0 Å². The predicted molar refractivity (Wildman–Crippen MR) is 120 cm³/mol. The smallest absolute Gasteiger partial charge is 0.159 e. The first-order valence-corrected chi connectivity index (χ1v) is 10.1. The van der Waals surface area contributed by atoms with Gasteiger partial charge in [-0.1, -0.05) is 62.9 Å². The Hall–Kier alpha value is -2.69. The summed E-state index contributed by atoms with van der Waals surface area (Å²) in [5.41, 5.74) is 6.15. The second-order valence-corrected chi connectivity index (χ2v) is 8.81. The average molecular weight is 589 g/mol. The molecule has 2 aromatic heterocycles. The van der Waals surface area contributed by atoms with Gasteiger partial charge in [-0.05, 0) is 61.2 Å². The van der Waals surface area contributed by atoms with Crippen LogP contribution in [0.5, 0.6) is 0 Å². The fourth-order valence-corrected chi connectivity index (χ4v) is 3.55. The van der Waals surface area contributed by atoms with Crippen LogP contribution in [0.3, 0.4) is 0 Å². The number of rotatable bonds is 3. The van der Waals surface area contributed by atoms with Crippen LogP contribution in [-0.2, 0) is 25.5 Å². The maximum Gasteiger partial charge on any atom is 0.159 e. The Bertz CT molecular complexity index is 1180. The molecule has 0 bridgehead atoms. The van der Waals surface area contributed by atoms with E-state index in [1.807, 2.05) is 12.1 Å². The molecule has 0 atom stereocenters. The molecule has 0 aliphatic heterocycles. The van der Waals surface area contributed by atoms with Gasteiger partial charge in [0.2, 0.25) is 0 Å². The molecule has 0 N–H and O–H groups in total. The normalized spacial score (nSPS) is 11.3. The van der Waals surface area contributed by atoms with Crippen molar-refractivity contribution in [2.45, 2.75) is 47.0 Å². The van der Waals surface area contributed by atoms with Gasteiger partial charge in [0.15, 0.2) is 5.82 Å². The summed E-state index contributed by atoms with van der Waals surface area (Å²) in [6, 6.07) is 14.7. The standard InChI is InChI=1S/C25H26N5.Ir/c1-16-11-17(2)13-20(12-16)30-22(19-14-26-24(27-15-19)25(4,5)6)28-29-23(30)21-10-8-7-9-18(21)3;/h7-14H,1-6H3;/q-1;. The Morgan fingerprint density at radius 3 is 2.10 bits per heavy atom. The number of hydrogen-bond acceptors (Lipinski definition) is 4. The maximum atomic E-state index is 4.57. The van der Waals surface area contributed by atoms with E-state index in [0.717, 1.165) is 34.0 Å². The first-order valence-electron chi connectivity index (χ1n) is 10.1. The Kier molecular flexibility index (Phi) is 6.53. The molecule has 0 unspecified atom stereocenters. The summed E-state index contributed by atoms with van der Waals surface area (Å²) in [6.07, 6.45) is 4.93. The minimum atomic E-state index is -0.136. The molecule has 1 radical (unpaired) electrons. The molecule has 2 aromatic carbocycles. The van der Waals surface area contributed by atoms with Crippen LogP contribution in [0.1, 0.15) is 43.3 Å². The van der Waals surface area contributed by atoms with Crippen molar-refractivity contribution < 1.29 is 20.1 Å². The molecule has 2 heterocycles. The molecule has 0 spiro atoms. The van der Waals surface area contributed by atoms with Crippen LogP contribution in [0.4, 0.5) is 0 Å². The van der Waals surface area contributed by atoms with Crippen LogP contribution < -0.4 is 0 Å². The van der Waals surface area contributed by atoms with Crippen molar-refractivity contribution in [3.05, 3.63) is 77.4 Å². The molecule has 5 nitrogen and oxygen atoms in total. The molecule has 0 aliphatic rings. The van der Waals surface area contributed by atoms with Gasteiger partial charge in [-0.2, -0.15) is 5.10 Å². The first kappa shape index (κ1) is 23.0. The van der Waals surface area contributed by atoms with Gasteiger partial charge < -0.3 is 14.5 Å². The zero-order chi connectivity index (χ0) is 21.5. The zero-order valence-electron chi connectivity index (χ0n) is 18.7. The van der Waals surface area contributed by atoms with Gasteiger partial charge in [-0.15, -0.1) is 5.10 Å². The molecule has 0 aliphatic carbocycles. The summed E-state index contributed by atoms with van der Waals surface area (Å²) in [4.78, 5) is 9.05. The van der Waals surface area contributed by atoms with Crippen molar-refractivity contribution in [2.24, 2.45) is 0 Å². The van der Waals surface area contributed by atoms with Crippen LogP contribution in [0.2, 0.25) is 0 Å². The quantitative estimate of drug-likeness (QED) is 0.301. The van der Waals surface area contributed by atoms with E-state index in [0.29, 0.717) is 5.82 Å². The van der Waals surface area contributed by atoms with Crippen LogP contribution in [0.25, 0.3) is 28.5 Å². The largest absolute Gasteiger partial charge is 0.338 e. The zero-order valence-corrected chi connectivity index (χ0v) is 21.1. The molecule has 0 saturated heterocycles. The minimum Gasteiger partial charge on any atom is -0.338 e. The van der Waals surface area contributed by atoms with Gasteiger partial charge >= 0.3 is 0 Å². The van der Waals surface area contributed by atoms with Crippen molar-refractivity contribution in [2.75, 3.05) is 0 Å². The van der Waals surface area contributed by atoms with Crippen molar-refractivity contribution in [3.8, 4) is 28.5 Å². The summed E-state index contributed by atoms with van der Waals surface area (Å²) < 4.78 is 2.08. The monoisotopic (exact) mass is 589 g/mol. The number of aryl methyl sites for hydroxylation is 3. The van der Waals surface area contributed by atoms with Crippen molar-refractivity contribution in [1.82, 2.24) is 24.7 Å². The maximum absolute atomic E-state index is 4.57. The van der Waals surface area contributed by atoms with E-state index in [1.54, 1.807) is 6.20 Å². The van der Waals surface area contributed by atoms with Crippen LogP contribution >= 0.6 is 0 Å². The Morgan fingerprint density at radius 1 is 0.871 bits per heavy atom. The van der Waals surface area contributed by atoms with Gasteiger partial charge in [0.1, 0.15) is 0 Å². The van der Waals surface area contributed by atoms with E-state index >= 15 is 0 Å². The molecule has 161 valence electrons. The third-order valence-electron chi connectivity index (χ3n) is 5.02. The average Bonchev–Trinajstić information content (AvgIpc) is 3.12. The summed E-state index contributed by atoms with van der Waals surface area (Å²) >= 11 is 0. The van der Waals surface area contributed by atoms with E-state index in [1.165, 1.54) is 11.1 Å². The fourth-order valence-electron chi connectivity index (χ4n) is 3.55. The van der Waals surface area contributed by atoms with E-state index < -0.39 is 0 Å². The molecule has 4 aromatic rings. The van der Waals surface area contributed by atoms with E-state index in [2.05, 4.69) is 103 Å². The summed E-state index contributed by atoms with van der Waals surface area (Å²) in [7, 11) is 0. The van der Waals surface area contributed by atoms with E-state index in [-0.39, 0.29) is 25.5 Å². The number of nitrogens with zero attached hydrogens (tertiary/aromatic N) is 5. The summed E-state index contributed by atoms with van der Waals surface area (Å²) in [5, 5.41) is 9.10. The molecule has 0 amide bonds. The fraction of sp³-hybridized carbons (Fsp3) is 0.280. The Balaban J connectivity index is 0.00000272. The first-order chi connectivity index (χ1) is 14.2. The number of benzene rings is 2. The molecule has 4 rings (SSSR count). The molecule has 0 fully saturated rings. The van der Waals surface area contributed by atoms with Gasteiger partial charge in [0, 0.05) is 37.2 Å². The van der Waals surface area contributed by atoms with Gasteiger partial charge in [-0.3, -0.25) is 0 Å². The third-order valence-corrected chi connectivity index (χ3v) is 5.02. The van der Waals surface area contributed by atoms with E-state index in [4.69, 9.17) is 0 Å². The molecule has 6 heteroatoms. The second-order valence-electron chi connectivity index (χ2n) is 8.81. The number of aromatic nitrogens is 5. The summed E-state index contributed by atoms with van der Waals surface area (Å²) in [5.74, 6) is 2.22. The van der Waals surface area contributed by atoms with Crippen molar-refractivity contribution in [3.63, 3.8) is 0 Å². The topological polar surface area (TPSA) is 56.5 Å². The molecular formula is C25H26IrN5-. The van der Waals surface area contributed by atoms with Crippen LogP contribution in [-0.4, -0.2) is 24.7 Å². The second kappa shape index (κ2) is 8.81. The van der Waals surface area contributed by atoms with Crippen LogP contribution in [0.15, 0.2) is 48.7 Å². The van der Waals surface area contributed by atoms with Crippen LogP contribution in [0, 0.1) is 27.0 Å². The summed E-state index contributed by atoms with van der Waals surface area (Å²) in [6.45, 7) is 12.5. The van der Waals surface area contributed by atoms with Gasteiger partial charge in [0.05, 0.1) is 5.82 Å². The number of hydrogen-bond donors (Lipinski definition) is 0.